The third-order valence-corrected chi connectivity index (χ3v) is 7.24. The SMILES string of the molecule is C1=CC[C]([Zr][CH]2C=Cc3ccccc32)=C1.CCCC. The summed E-state index contributed by atoms with van der Waals surface area (Å²) in [5.74, 6) is 0. The van der Waals surface area contributed by atoms with Gasteiger partial charge in [-0.2, -0.15) is 0 Å². The van der Waals surface area contributed by atoms with Crippen LogP contribution in [0.2, 0.25) is 0 Å². The zero-order valence-corrected chi connectivity index (χ0v) is 14.4. The second-order valence-electron chi connectivity index (χ2n) is 4.93. The van der Waals surface area contributed by atoms with Gasteiger partial charge in [0.1, 0.15) is 0 Å². The van der Waals surface area contributed by atoms with Crippen molar-refractivity contribution in [2.45, 2.75) is 36.7 Å². The van der Waals surface area contributed by atoms with E-state index in [0.29, 0.717) is 0 Å². The number of benzene rings is 1. The molecule has 1 aromatic rings. The molecule has 0 heterocycles. The monoisotopic (exact) mass is 328 g/mol. The van der Waals surface area contributed by atoms with Crippen LogP contribution < -0.4 is 0 Å². The fraction of sp³-hybridized carbons (Fsp3) is 0.333. The van der Waals surface area contributed by atoms with Crippen LogP contribution in [0, 0.1) is 0 Å². The second-order valence-corrected chi connectivity index (χ2v) is 8.75. The molecule has 0 radical (unpaired) electrons. The molecule has 0 N–H and O–H groups in total. The first-order chi connectivity index (χ1) is 9.35. The summed E-state index contributed by atoms with van der Waals surface area (Å²) in [6, 6.07) is 8.82. The summed E-state index contributed by atoms with van der Waals surface area (Å²) in [6.07, 6.45) is 15.4. The van der Waals surface area contributed by atoms with Crippen molar-refractivity contribution in [2.24, 2.45) is 0 Å². The molecule has 0 saturated carbocycles. The van der Waals surface area contributed by atoms with Crippen molar-refractivity contribution in [3.8, 4) is 0 Å². The maximum absolute atomic E-state index is 2.41. The summed E-state index contributed by atoms with van der Waals surface area (Å²) in [7, 11) is 0. The topological polar surface area (TPSA) is 0 Å². The molecule has 1 atom stereocenters. The molecule has 2 aliphatic rings. The van der Waals surface area contributed by atoms with E-state index < -0.39 is 23.2 Å². The van der Waals surface area contributed by atoms with Crippen molar-refractivity contribution in [3.63, 3.8) is 0 Å². The summed E-state index contributed by atoms with van der Waals surface area (Å²) in [6.45, 7) is 4.36. The van der Waals surface area contributed by atoms with Crippen LogP contribution in [-0.4, -0.2) is 0 Å². The van der Waals surface area contributed by atoms with Gasteiger partial charge in [0.25, 0.3) is 0 Å². The minimum Gasteiger partial charge on any atom is -0.0654 e. The van der Waals surface area contributed by atoms with Crippen LogP contribution in [0.3, 0.4) is 0 Å². The maximum Gasteiger partial charge on any atom is -0.0564 e. The minimum atomic E-state index is -0.427. The Morgan fingerprint density at radius 1 is 1.16 bits per heavy atom. The summed E-state index contributed by atoms with van der Waals surface area (Å²) in [5.41, 5.74) is 3.01. The molecule has 1 heteroatoms. The number of rotatable bonds is 3. The normalized spacial score (nSPS) is 18.6. The minimum absolute atomic E-state index is 0.427. The standard InChI is InChI=1S/C9H7.C5H5.C4H10.Zr/c1-2-5-9-7-3-6-8(9)4-1;1-2-4-5-3-1;1-3-4-2;/h1-7H;1-3H,4H2;3-4H2,1-2H3;. The van der Waals surface area contributed by atoms with Gasteiger partial charge in [-0.25, -0.2) is 0 Å². The Bertz CT molecular complexity index is 492. The van der Waals surface area contributed by atoms with E-state index >= 15 is 0 Å². The number of fused-ring (bicyclic) bond motifs is 1. The Balaban J connectivity index is 0.000000297. The van der Waals surface area contributed by atoms with Crippen LogP contribution in [0.4, 0.5) is 0 Å². The molecule has 0 spiro atoms. The number of unbranched alkanes of at least 4 members (excludes halogenated alkanes) is 1. The molecule has 0 aromatic heterocycles. The summed E-state index contributed by atoms with van der Waals surface area (Å²) in [5, 5.41) is 0. The Hall–Kier alpha value is -0.677. The third kappa shape index (κ3) is 4.15. The van der Waals surface area contributed by atoms with Crippen molar-refractivity contribution in [3.05, 3.63) is 63.0 Å². The first-order valence-corrected chi connectivity index (χ1v) is 9.89. The van der Waals surface area contributed by atoms with Gasteiger partial charge in [-0.1, -0.05) is 26.7 Å². The predicted octanol–water partition coefficient (Wildman–Crippen LogP) is 5.49. The molecule has 2 aliphatic carbocycles. The molecule has 3 rings (SSSR count). The summed E-state index contributed by atoms with van der Waals surface area (Å²) < 4.78 is 2.50. The average Bonchev–Trinajstić information content (AvgIpc) is 3.10. The molecular formula is C18H22Zr. The molecule has 0 fully saturated rings. The van der Waals surface area contributed by atoms with Gasteiger partial charge in [0, 0.05) is 0 Å². The Labute approximate surface area is 128 Å². The predicted molar refractivity (Wildman–Crippen MR) is 80.6 cm³/mol. The van der Waals surface area contributed by atoms with Gasteiger partial charge in [-0.15, -0.1) is 0 Å². The van der Waals surface area contributed by atoms with E-state index in [9.17, 15) is 0 Å². The first kappa shape index (κ1) is 14.7. The number of allylic oxidation sites excluding steroid dienone is 5. The van der Waals surface area contributed by atoms with Crippen molar-refractivity contribution in [1.29, 1.82) is 0 Å². The zero-order valence-electron chi connectivity index (χ0n) is 11.9. The molecule has 0 amide bonds. The molecule has 0 bridgehead atoms. The Morgan fingerprint density at radius 2 is 1.95 bits per heavy atom. The molecule has 0 aliphatic heterocycles. The van der Waals surface area contributed by atoms with Crippen LogP contribution in [0.5, 0.6) is 0 Å². The van der Waals surface area contributed by atoms with Gasteiger partial charge in [0.15, 0.2) is 0 Å². The number of hydrogen-bond donors (Lipinski definition) is 0. The van der Waals surface area contributed by atoms with E-state index in [-0.39, 0.29) is 0 Å². The van der Waals surface area contributed by atoms with E-state index in [1.54, 1.807) is 8.84 Å². The largest absolute Gasteiger partial charge is 0.0654 e. The van der Waals surface area contributed by atoms with Gasteiger partial charge in [-0.3, -0.25) is 0 Å². The van der Waals surface area contributed by atoms with E-state index in [1.807, 2.05) is 0 Å². The van der Waals surface area contributed by atoms with E-state index in [2.05, 4.69) is 68.5 Å². The fourth-order valence-corrected chi connectivity index (χ4v) is 5.67. The van der Waals surface area contributed by atoms with Gasteiger partial charge in [0.2, 0.25) is 0 Å². The zero-order chi connectivity index (χ0) is 13.5. The van der Waals surface area contributed by atoms with Crippen molar-refractivity contribution < 1.29 is 23.2 Å². The Kier molecular flexibility index (Phi) is 6.05. The van der Waals surface area contributed by atoms with Crippen LogP contribution in [0.25, 0.3) is 6.08 Å². The molecule has 98 valence electrons. The third-order valence-electron chi connectivity index (χ3n) is 3.41. The van der Waals surface area contributed by atoms with Crippen LogP contribution in [0.15, 0.2) is 51.9 Å². The molecule has 0 saturated heterocycles. The summed E-state index contributed by atoms with van der Waals surface area (Å²) in [4.78, 5) is 0. The van der Waals surface area contributed by atoms with E-state index in [1.165, 1.54) is 24.8 Å². The molecule has 1 aromatic carbocycles. The summed E-state index contributed by atoms with van der Waals surface area (Å²) >= 11 is -0.427. The first-order valence-electron chi connectivity index (χ1n) is 7.24. The van der Waals surface area contributed by atoms with Crippen molar-refractivity contribution >= 4 is 6.08 Å². The van der Waals surface area contributed by atoms with Crippen molar-refractivity contribution in [2.75, 3.05) is 0 Å². The van der Waals surface area contributed by atoms with Crippen LogP contribution in [0.1, 0.15) is 47.9 Å². The molecule has 0 nitrogen and oxygen atoms in total. The van der Waals surface area contributed by atoms with E-state index in [0.717, 1.165) is 3.63 Å². The van der Waals surface area contributed by atoms with Gasteiger partial charge >= 0.3 is 102 Å². The van der Waals surface area contributed by atoms with Gasteiger partial charge in [0.05, 0.1) is 0 Å². The van der Waals surface area contributed by atoms with Crippen molar-refractivity contribution in [1.82, 2.24) is 0 Å². The molecule has 19 heavy (non-hydrogen) atoms. The van der Waals surface area contributed by atoms with E-state index in [4.69, 9.17) is 0 Å². The fourth-order valence-electron chi connectivity index (χ4n) is 2.13. The smallest absolute Gasteiger partial charge is 0.0564 e. The molecule has 1 unspecified atom stereocenters. The quantitative estimate of drug-likeness (QED) is 0.688. The number of hydrogen-bond acceptors (Lipinski definition) is 0. The van der Waals surface area contributed by atoms with Gasteiger partial charge < -0.3 is 0 Å². The van der Waals surface area contributed by atoms with Crippen LogP contribution >= 0.6 is 0 Å². The van der Waals surface area contributed by atoms with Crippen LogP contribution in [-0.2, 0) is 23.2 Å². The Morgan fingerprint density at radius 3 is 2.63 bits per heavy atom. The van der Waals surface area contributed by atoms with Gasteiger partial charge in [-0.05, 0) is 0 Å². The second kappa shape index (κ2) is 7.80. The maximum atomic E-state index is 2.41. The average molecular weight is 330 g/mol. The molecular weight excluding hydrogens is 307 g/mol.